The second-order valence-electron chi connectivity index (χ2n) is 9.40. The number of aliphatic hydroxyl groups excluding tert-OH is 1. The van der Waals surface area contributed by atoms with Crippen LogP contribution in [0, 0.1) is 17.0 Å². The predicted molar refractivity (Wildman–Crippen MR) is 117 cm³/mol. The van der Waals surface area contributed by atoms with Gasteiger partial charge in [-0.2, -0.15) is 0 Å². The van der Waals surface area contributed by atoms with E-state index in [1.54, 1.807) is 10.6 Å². The molecule has 31 heavy (non-hydrogen) atoms. The molecule has 7 heteroatoms. The van der Waals surface area contributed by atoms with Crippen LogP contribution in [-0.2, 0) is 6.42 Å². The molecule has 4 nitrogen and oxygen atoms in total. The third-order valence-electron chi connectivity index (χ3n) is 6.64. The molecular formula is C24H23F2NO3S. The summed E-state index contributed by atoms with van der Waals surface area (Å²) in [6.45, 7) is 5.25. The zero-order chi connectivity index (χ0) is 22.2. The van der Waals surface area contributed by atoms with E-state index in [9.17, 15) is 14.7 Å². The van der Waals surface area contributed by atoms with Crippen molar-refractivity contribution in [3.05, 3.63) is 56.2 Å². The zero-order valence-corrected chi connectivity index (χ0v) is 18.4. The van der Waals surface area contributed by atoms with Crippen LogP contribution in [0.5, 0.6) is 0 Å². The Bertz CT molecular complexity index is 1320. The number of benzene rings is 1. The van der Waals surface area contributed by atoms with Gasteiger partial charge in [0.15, 0.2) is 17.0 Å². The van der Waals surface area contributed by atoms with Crippen LogP contribution in [-0.4, -0.2) is 15.5 Å². The van der Waals surface area contributed by atoms with E-state index >= 15 is 8.78 Å². The van der Waals surface area contributed by atoms with Crippen molar-refractivity contribution in [2.24, 2.45) is 5.41 Å². The molecule has 3 aromatic rings. The number of ketones is 1. The van der Waals surface area contributed by atoms with Gasteiger partial charge < -0.3 is 9.67 Å². The van der Waals surface area contributed by atoms with Crippen LogP contribution >= 0.6 is 11.3 Å². The fourth-order valence-corrected chi connectivity index (χ4v) is 5.95. The van der Waals surface area contributed by atoms with Crippen molar-refractivity contribution >= 4 is 28.0 Å². The molecule has 0 bridgehead atoms. The van der Waals surface area contributed by atoms with Gasteiger partial charge in [0.2, 0.25) is 0 Å². The third-order valence-corrected chi connectivity index (χ3v) is 7.89. The van der Waals surface area contributed by atoms with Crippen molar-refractivity contribution in [3.8, 4) is 10.4 Å². The average Bonchev–Trinajstić information content (AvgIpc) is 3.45. The predicted octanol–water partition coefficient (Wildman–Crippen LogP) is 5.55. The standard InChI is InChI=1S/C24H23F2NO3S/c1-11(28)15-10-27(13-4-5-13)20-14(21(15)29)9-16(25)18(19(20)26)17-8-12-6-7-24(2,3)23(30)22(12)31-17/h8-10,13,23,30H,4-7H2,1-3H3. The quantitative estimate of drug-likeness (QED) is 0.540. The molecule has 1 atom stereocenters. The number of aryl methyl sites for hydroxylation is 1. The number of pyridine rings is 1. The van der Waals surface area contributed by atoms with E-state index in [1.807, 2.05) is 13.8 Å². The topological polar surface area (TPSA) is 59.3 Å². The molecule has 5 rings (SSSR count). The lowest BCUT2D eigenvalue weighted by molar-refractivity contribution is 0.0373. The molecule has 1 N–H and O–H groups in total. The molecule has 1 unspecified atom stereocenters. The Labute approximate surface area is 182 Å². The van der Waals surface area contributed by atoms with Crippen LogP contribution in [0.1, 0.15) is 73.0 Å². The van der Waals surface area contributed by atoms with E-state index in [0.29, 0.717) is 4.88 Å². The number of nitrogens with zero attached hydrogens (tertiary/aromatic N) is 1. The molecule has 0 aliphatic heterocycles. The number of halogens is 2. The van der Waals surface area contributed by atoms with Gasteiger partial charge in [-0.1, -0.05) is 13.8 Å². The van der Waals surface area contributed by atoms with Gasteiger partial charge in [-0.3, -0.25) is 9.59 Å². The van der Waals surface area contributed by atoms with Crippen molar-refractivity contribution in [2.75, 3.05) is 0 Å². The van der Waals surface area contributed by atoms with Gasteiger partial charge >= 0.3 is 0 Å². The van der Waals surface area contributed by atoms with Gasteiger partial charge in [-0.15, -0.1) is 11.3 Å². The minimum absolute atomic E-state index is 0.00632. The fraction of sp³-hybridized carbons (Fsp3) is 0.417. The lowest BCUT2D eigenvalue weighted by Crippen LogP contribution is -2.26. The van der Waals surface area contributed by atoms with Crippen molar-refractivity contribution in [3.63, 3.8) is 0 Å². The summed E-state index contributed by atoms with van der Waals surface area (Å²) in [7, 11) is 0. The second kappa shape index (κ2) is 6.81. The molecular weight excluding hydrogens is 420 g/mol. The van der Waals surface area contributed by atoms with E-state index in [4.69, 9.17) is 0 Å². The van der Waals surface area contributed by atoms with Crippen molar-refractivity contribution in [2.45, 2.75) is 58.6 Å². The second-order valence-corrected chi connectivity index (χ2v) is 10.5. The van der Waals surface area contributed by atoms with E-state index in [1.165, 1.54) is 24.5 Å². The van der Waals surface area contributed by atoms with E-state index < -0.39 is 29.0 Å². The van der Waals surface area contributed by atoms with Gasteiger partial charge in [-0.05, 0) is 55.7 Å². The Morgan fingerprint density at radius 2 is 1.97 bits per heavy atom. The SMILES string of the molecule is CC(=O)c1cn(C2CC2)c2c(F)c(-c3cc4c(s3)C(O)C(C)(C)CC4)c(F)cc2c1=O. The number of aliphatic hydroxyl groups is 1. The number of rotatable bonds is 3. The van der Waals surface area contributed by atoms with Gasteiger partial charge in [0.25, 0.3) is 0 Å². The van der Waals surface area contributed by atoms with Crippen molar-refractivity contribution < 1.29 is 18.7 Å². The summed E-state index contributed by atoms with van der Waals surface area (Å²) in [6.07, 6.45) is 3.88. The molecule has 2 heterocycles. The molecule has 162 valence electrons. The number of carbonyl (C=O) groups excluding carboxylic acids is 1. The minimum Gasteiger partial charge on any atom is -0.387 e. The molecule has 2 aromatic heterocycles. The molecule has 0 spiro atoms. The van der Waals surface area contributed by atoms with Crippen LogP contribution in [0.15, 0.2) is 23.1 Å². The lowest BCUT2D eigenvalue weighted by atomic mass is 9.75. The summed E-state index contributed by atoms with van der Waals surface area (Å²) in [4.78, 5) is 25.9. The molecule has 0 saturated heterocycles. The van der Waals surface area contributed by atoms with Crippen molar-refractivity contribution in [1.29, 1.82) is 0 Å². The number of hydrogen-bond donors (Lipinski definition) is 1. The first kappa shape index (κ1) is 20.5. The van der Waals surface area contributed by atoms with Crippen LogP contribution < -0.4 is 5.43 Å². The summed E-state index contributed by atoms with van der Waals surface area (Å²) in [5.41, 5.74) is -0.223. The van der Waals surface area contributed by atoms with Crippen molar-refractivity contribution in [1.82, 2.24) is 4.57 Å². The first-order chi connectivity index (χ1) is 14.6. The van der Waals surface area contributed by atoms with Gasteiger partial charge in [0.1, 0.15) is 5.82 Å². The highest BCUT2D eigenvalue weighted by Crippen LogP contribution is 2.49. The maximum Gasteiger partial charge on any atom is 0.200 e. The zero-order valence-electron chi connectivity index (χ0n) is 17.6. The molecule has 0 radical (unpaired) electrons. The smallest absolute Gasteiger partial charge is 0.200 e. The Hall–Kier alpha value is -2.38. The summed E-state index contributed by atoms with van der Waals surface area (Å²) in [5.74, 6) is -2.05. The summed E-state index contributed by atoms with van der Waals surface area (Å²) >= 11 is 1.21. The number of aromatic nitrogens is 1. The third kappa shape index (κ3) is 3.09. The summed E-state index contributed by atoms with van der Waals surface area (Å²) in [5, 5.41) is 10.6. The van der Waals surface area contributed by atoms with Crippen LogP contribution in [0.2, 0.25) is 0 Å². The molecule has 2 aliphatic rings. The molecule has 1 aromatic carbocycles. The highest BCUT2D eigenvalue weighted by atomic mass is 32.1. The highest BCUT2D eigenvalue weighted by Gasteiger charge is 2.37. The first-order valence-corrected chi connectivity index (χ1v) is 11.3. The lowest BCUT2D eigenvalue weighted by Gasteiger charge is -2.34. The number of carbonyl (C=O) groups is 1. The maximum atomic E-state index is 15.9. The Balaban J connectivity index is 1.77. The summed E-state index contributed by atoms with van der Waals surface area (Å²) in [6, 6.07) is 2.81. The largest absolute Gasteiger partial charge is 0.387 e. The Morgan fingerprint density at radius 3 is 2.61 bits per heavy atom. The average molecular weight is 444 g/mol. The highest BCUT2D eigenvalue weighted by molar-refractivity contribution is 7.15. The van der Waals surface area contributed by atoms with Gasteiger partial charge in [-0.25, -0.2) is 8.78 Å². The molecule has 1 saturated carbocycles. The fourth-order valence-electron chi connectivity index (χ4n) is 4.50. The molecule has 0 amide bonds. The monoisotopic (exact) mass is 443 g/mol. The summed E-state index contributed by atoms with van der Waals surface area (Å²) < 4.78 is 32.7. The van der Waals surface area contributed by atoms with E-state index in [-0.39, 0.29) is 33.5 Å². The Kier molecular flexibility index (Phi) is 4.51. The Morgan fingerprint density at radius 1 is 1.26 bits per heavy atom. The number of fused-ring (bicyclic) bond motifs is 2. The minimum atomic E-state index is -0.836. The van der Waals surface area contributed by atoms with E-state index in [0.717, 1.165) is 42.2 Å². The number of thiophene rings is 1. The van der Waals surface area contributed by atoms with Crippen LogP contribution in [0.4, 0.5) is 8.78 Å². The van der Waals surface area contributed by atoms with Crippen LogP contribution in [0.3, 0.4) is 0 Å². The molecule has 2 aliphatic carbocycles. The molecule has 1 fully saturated rings. The number of hydrogen-bond acceptors (Lipinski definition) is 4. The van der Waals surface area contributed by atoms with Crippen LogP contribution in [0.25, 0.3) is 21.3 Å². The van der Waals surface area contributed by atoms with E-state index in [2.05, 4.69) is 0 Å². The first-order valence-electron chi connectivity index (χ1n) is 10.5. The van der Waals surface area contributed by atoms with Gasteiger partial charge in [0.05, 0.1) is 28.1 Å². The number of Topliss-reactive ketones (excluding diaryl/α,β-unsaturated/α-hetero) is 1. The normalized spacial score (nSPS) is 20.1. The maximum absolute atomic E-state index is 15.9. The van der Waals surface area contributed by atoms with Gasteiger partial charge in [0, 0.05) is 22.0 Å².